The zero-order valence-corrected chi connectivity index (χ0v) is 13.5. The van der Waals surface area contributed by atoms with Gasteiger partial charge in [-0.15, -0.1) is 0 Å². The lowest BCUT2D eigenvalue weighted by Crippen LogP contribution is -2.45. The quantitative estimate of drug-likeness (QED) is 0.637. The molecule has 0 spiro atoms. The van der Waals surface area contributed by atoms with Crippen LogP contribution in [0, 0.1) is 5.92 Å². The number of benzene rings is 1. The van der Waals surface area contributed by atoms with Crippen LogP contribution in [0.3, 0.4) is 0 Å². The lowest BCUT2D eigenvalue weighted by atomic mass is 10.0. The van der Waals surface area contributed by atoms with Gasteiger partial charge in [0.25, 0.3) is 0 Å². The SMILES string of the molecule is CNC(=O)CNC(=O)[C@H](CC(C)C)NSc1ccccc1. The van der Waals surface area contributed by atoms with Crippen molar-refractivity contribution in [3.05, 3.63) is 30.3 Å². The minimum atomic E-state index is -0.333. The van der Waals surface area contributed by atoms with Crippen molar-refractivity contribution < 1.29 is 9.59 Å². The molecule has 116 valence electrons. The van der Waals surface area contributed by atoms with Crippen LogP contribution in [0.4, 0.5) is 0 Å². The second kappa shape index (κ2) is 9.41. The van der Waals surface area contributed by atoms with Gasteiger partial charge < -0.3 is 10.6 Å². The smallest absolute Gasteiger partial charge is 0.239 e. The molecular formula is C15H23N3O2S. The van der Waals surface area contributed by atoms with Crippen LogP contribution in [0.5, 0.6) is 0 Å². The topological polar surface area (TPSA) is 70.2 Å². The summed E-state index contributed by atoms with van der Waals surface area (Å²) in [6.07, 6.45) is 0.708. The molecule has 3 N–H and O–H groups in total. The van der Waals surface area contributed by atoms with Crippen LogP contribution in [-0.2, 0) is 9.59 Å². The fourth-order valence-corrected chi connectivity index (χ4v) is 2.46. The zero-order chi connectivity index (χ0) is 15.7. The molecule has 0 heterocycles. The fraction of sp³-hybridized carbons (Fsp3) is 0.467. The molecule has 6 heteroatoms. The first-order chi connectivity index (χ1) is 10.0. The van der Waals surface area contributed by atoms with Gasteiger partial charge in [0.05, 0.1) is 12.6 Å². The molecule has 1 aromatic rings. The highest BCUT2D eigenvalue weighted by atomic mass is 32.2. The predicted molar refractivity (Wildman–Crippen MR) is 85.8 cm³/mol. The van der Waals surface area contributed by atoms with Crippen LogP contribution in [0.1, 0.15) is 20.3 Å². The number of rotatable bonds is 8. The lowest BCUT2D eigenvalue weighted by molar-refractivity contribution is -0.127. The van der Waals surface area contributed by atoms with E-state index in [0.717, 1.165) is 4.90 Å². The van der Waals surface area contributed by atoms with E-state index >= 15 is 0 Å². The van der Waals surface area contributed by atoms with E-state index in [4.69, 9.17) is 0 Å². The van der Waals surface area contributed by atoms with Gasteiger partial charge in [0.1, 0.15) is 0 Å². The summed E-state index contributed by atoms with van der Waals surface area (Å²) >= 11 is 1.43. The number of amides is 2. The van der Waals surface area contributed by atoms with Crippen molar-refractivity contribution in [2.45, 2.75) is 31.2 Å². The van der Waals surface area contributed by atoms with Gasteiger partial charge in [0.2, 0.25) is 11.8 Å². The van der Waals surface area contributed by atoms with Gasteiger partial charge in [-0.25, -0.2) is 4.72 Å². The molecule has 0 fully saturated rings. The van der Waals surface area contributed by atoms with Crippen molar-refractivity contribution in [2.75, 3.05) is 13.6 Å². The van der Waals surface area contributed by atoms with Gasteiger partial charge in [-0.3, -0.25) is 9.59 Å². The maximum atomic E-state index is 12.2. The van der Waals surface area contributed by atoms with Crippen molar-refractivity contribution in [3.63, 3.8) is 0 Å². The maximum absolute atomic E-state index is 12.2. The second-order valence-electron chi connectivity index (χ2n) is 5.11. The van der Waals surface area contributed by atoms with Crippen molar-refractivity contribution in [1.29, 1.82) is 0 Å². The summed E-state index contributed by atoms with van der Waals surface area (Å²) in [5, 5.41) is 5.13. The van der Waals surface area contributed by atoms with E-state index in [1.165, 1.54) is 11.9 Å². The number of carbonyl (C=O) groups is 2. The molecule has 21 heavy (non-hydrogen) atoms. The first-order valence-electron chi connectivity index (χ1n) is 6.98. The van der Waals surface area contributed by atoms with E-state index in [0.29, 0.717) is 12.3 Å². The van der Waals surface area contributed by atoms with Crippen LogP contribution < -0.4 is 15.4 Å². The molecule has 0 radical (unpaired) electrons. The Kier molecular flexibility index (Phi) is 7.85. The molecule has 0 bridgehead atoms. The van der Waals surface area contributed by atoms with E-state index in [-0.39, 0.29) is 24.4 Å². The van der Waals surface area contributed by atoms with E-state index in [2.05, 4.69) is 29.2 Å². The Morgan fingerprint density at radius 2 is 1.86 bits per heavy atom. The lowest BCUT2D eigenvalue weighted by Gasteiger charge is -2.19. The Bertz CT molecular complexity index is 451. The second-order valence-corrected chi connectivity index (χ2v) is 6.02. The Hall–Kier alpha value is -1.53. The van der Waals surface area contributed by atoms with E-state index in [1.807, 2.05) is 30.3 Å². The average molecular weight is 309 g/mol. The predicted octanol–water partition coefficient (Wildman–Crippen LogP) is 1.56. The first kappa shape index (κ1) is 17.5. The largest absolute Gasteiger partial charge is 0.358 e. The van der Waals surface area contributed by atoms with Gasteiger partial charge >= 0.3 is 0 Å². The van der Waals surface area contributed by atoms with Crippen molar-refractivity contribution in [2.24, 2.45) is 5.92 Å². The summed E-state index contributed by atoms with van der Waals surface area (Å²) in [5.41, 5.74) is 0. The first-order valence-corrected chi connectivity index (χ1v) is 7.80. The standard InChI is InChI=1S/C15H23N3O2S/c1-11(2)9-13(15(20)17-10-14(19)16-3)18-21-12-7-5-4-6-8-12/h4-8,11,13,18H,9-10H2,1-3H3,(H,16,19)(H,17,20)/t13-/m0/s1. The Balaban J connectivity index is 2.54. The van der Waals surface area contributed by atoms with Gasteiger partial charge in [0.15, 0.2) is 0 Å². The highest BCUT2D eigenvalue weighted by molar-refractivity contribution is 7.97. The van der Waals surface area contributed by atoms with Crippen LogP contribution in [-0.4, -0.2) is 31.4 Å². The van der Waals surface area contributed by atoms with Gasteiger partial charge in [0, 0.05) is 11.9 Å². The molecule has 1 rings (SSSR count). The average Bonchev–Trinajstić information content (AvgIpc) is 2.49. The van der Waals surface area contributed by atoms with E-state index in [9.17, 15) is 9.59 Å². The molecule has 0 aliphatic carbocycles. The van der Waals surface area contributed by atoms with Crippen molar-refractivity contribution >= 4 is 23.8 Å². The molecule has 1 aromatic carbocycles. The minimum Gasteiger partial charge on any atom is -0.358 e. The summed E-state index contributed by atoms with van der Waals surface area (Å²) in [6.45, 7) is 4.13. The summed E-state index contributed by atoms with van der Waals surface area (Å²) in [7, 11) is 1.55. The van der Waals surface area contributed by atoms with Gasteiger partial charge in [-0.1, -0.05) is 32.0 Å². The monoisotopic (exact) mass is 309 g/mol. The molecule has 0 aliphatic rings. The van der Waals surface area contributed by atoms with Crippen molar-refractivity contribution in [3.8, 4) is 0 Å². The number of nitrogens with one attached hydrogen (secondary N) is 3. The third-order valence-corrected chi connectivity index (χ3v) is 3.70. The maximum Gasteiger partial charge on any atom is 0.239 e. The molecule has 0 saturated carbocycles. The van der Waals surface area contributed by atoms with Gasteiger partial charge in [-0.05, 0) is 36.4 Å². The molecular weight excluding hydrogens is 286 g/mol. The molecule has 0 saturated heterocycles. The zero-order valence-electron chi connectivity index (χ0n) is 12.7. The number of hydrogen-bond donors (Lipinski definition) is 3. The molecule has 0 unspecified atom stereocenters. The van der Waals surface area contributed by atoms with Gasteiger partial charge in [-0.2, -0.15) is 0 Å². The normalized spacial score (nSPS) is 12.0. The van der Waals surface area contributed by atoms with Crippen LogP contribution in [0.2, 0.25) is 0 Å². The molecule has 2 amide bonds. The summed E-state index contributed by atoms with van der Waals surface area (Å²) < 4.78 is 3.18. The van der Waals surface area contributed by atoms with Crippen molar-refractivity contribution in [1.82, 2.24) is 15.4 Å². The third-order valence-electron chi connectivity index (χ3n) is 2.79. The molecule has 0 aliphatic heterocycles. The summed E-state index contributed by atoms with van der Waals surface area (Å²) in [6, 6.07) is 9.48. The van der Waals surface area contributed by atoms with E-state index < -0.39 is 0 Å². The van der Waals surface area contributed by atoms with Crippen LogP contribution in [0.25, 0.3) is 0 Å². The minimum absolute atomic E-state index is 0.00160. The third kappa shape index (κ3) is 7.15. The number of hydrogen-bond acceptors (Lipinski definition) is 4. The summed E-state index contributed by atoms with van der Waals surface area (Å²) in [4.78, 5) is 24.4. The van der Waals surface area contributed by atoms with Crippen LogP contribution in [0.15, 0.2) is 35.2 Å². The molecule has 0 aromatic heterocycles. The Morgan fingerprint density at radius 1 is 1.19 bits per heavy atom. The number of carbonyl (C=O) groups excluding carboxylic acids is 2. The highest BCUT2D eigenvalue weighted by Gasteiger charge is 2.20. The fourth-order valence-electron chi connectivity index (χ4n) is 1.69. The molecule has 1 atom stereocenters. The molecule has 5 nitrogen and oxygen atoms in total. The van der Waals surface area contributed by atoms with Crippen LogP contribution >= 0.6 is 11.9 Å². The van der Waals surface area contributed by atoms with E-state index in [1.54, 1.807) is 7.05 Å². The summed E-state index contributed by atoms with van der Waals surface area (Å²) in [5.74, 6) is 0.0164. The Morgan fingerprint density at radius 3 is 2.43 bits per heavy atom. The highest BCUT2D eigenvalue weighted by Crippen LogP contribution is 2.16. The Labute approximate surface area is 130 Å². The number of likely N-dealkylation sites (N-methyl/N-ethyl adjacent to an activating group) is 1.